The number of rotatable bonds is 9. The molecule has 0 bridgehead atoms. The van der Waals surface area contributed by atoms with E-state index < -0.39 is 29.5 Å². The number of hydrogen-bond acceptors (Lipinski definition) is 8. The van der Waals surface area contributed by atoms with E-state index >= 15 is 0 Å². The highest BCUT2D eigenvalue weighted by atomic mass is 32.2. The van der Waals surface area contributed by atoms with E-state index in [-0.39, 0.29) is 40.5 Å². The van der Waals surface area contributed by atoms with Crippen molar-refractivity contribution in [2.45, 2.75) is 55.6 Å². The van der Waals surface area contributed by atoms with Crippen molar-refractivity contribution in [2.24, 2.45) is 0 Å². The summed E-state index contributed by atoms with van der Waals surface area (Å²) in [7, 11) is -11.4. The first-order valence-electron chi connectivity index (χ1n) is 15.8. The predicted octanol–water partition coefficient (Wildman–Crippen LogP) is 8.65. The van der Waals surface area contributed by atoms with Gasteiger partial charge in [-0.2, -0.15) is 0 Å². The van der Waals surface area contributed by atoms with Crippen molar-refractivity contribution < 1.29 is 35.1 Å². The lowest BCUT2D eigenvalue weighted by Crippen LogP contribution is -2.11. The average Bonchev–Trinajstić information content (AvgIpc) is 3.12. The van der Waals surface area contributed by atoms with Gasteiger partial charge < -0.3 is 9.84 Å². The van der Waals surface area contributed by atoms with Gasteiger partial charge in [0.05, 0.1) is 29.4 Å². The summed E-state index contributed by atoms with van der Waals surface area (Å²) in [5.41, 5.74) is 2.39. The first-order valence-corrected chi connectivity index (χ1v) is 20.2. The average molecular weight is 739 g/mol. The highest BCUT2D eigenvalue weighted by molar-refractivity contribution is 7.92. The zero-order chi connectivity index (χ0) is 36.6. The summed E-state index contributed by atoms with van der Waals surface area (Å²) in [6.07, 6.45) is 0. The SMILES string of the molecule is CC(C)(C)c1ccc(S(=O)(=O)c2ccc(-c3ccc(S(=O)(=O)c4ccc(Oc5ccc(S(=O)(=O)c6ccc(O)cc6)cc5)cc4)cc3)cc2)cc1. The molecule has 0 amide bonds. The molecule has 11 heteroatoms. The lowest BCUT2D eigenvalue weighted by molar-refractivity contribution is 0.474. The summed E-state index contributed by atoms with van der Waals surface area (Å²) >= 11 is 0. The van der Waals surface area contributed by atoms with Crippen molar-refractivity contribution in [3.05, 3.63) is 151 Å². The van der Waals surface area contributed by atoms with Crippen LogP contribution in [0.5, 0.6) is 17.2 Å². The van der Waals surface area contributed by atoms with Crippen LogP contribution in [0.2, 0.25) is 0 Å². The summed E-state index contributed by atoms with van der Waals surface area (Å²) in [6.45, 7) is 6.20. The lowest BCUT2D eigenvalue weighted by atomic mass is 9.87. The van der Waals surface area contributed by atoms with Gasteiger partial charge in [-0.05, 0) is 131 Å². The normalized spacial score (nSPS) is 12.4. The smallest absolute Gasteiger partial charge is 0.206 e. The van der Waals surface area contributed by atoms with Gasteiger partial charge in [-0.1, -0.05) is 57.2 Å². The van der Waals surface area contributed by atoms with Crippen LogP contribution in [0, 0.1) is 0 Å². The van der Waals surface area contributed by atoms with Crippen molar-refractivity contribution in [3.8, 4) is 28.4 Å². The third-order valence-electron chi connectivity index (χ3n) is 8.34. The third-order valence-corrected chi connectivity index (χ3v) is 13.7. The van der Waals surface area contributed by atoms with Crippen LogP contribution in [0.25, 0.3) is 11.1 Å². The van der Waals surface area contributed by atoms with Gasteiger partial charge in [-0.3, -0.25) is 0 Å². The molecular weight excluding hydrogens is 705 g/mol. The minimum absolute atomic E-state index is 0.0385. The maximum Gasteiger partial charge on any atom is 0.206 e. The minimum Gasteiger partial charge on any atom is -0.508 e. The number of phenolic OH excluding ortho intramolecular Hbond substituents is 1. The fourth-order valence-electron chi connectivity index (χ4n) is 5.33. The topological polar surface area (TPSA) is 132 Å². The first kappa shape index (κ1) is 35.6. The van der Waals surface area contributed by atoms with Crippen LogP contribution in [-0.2, 0) is 34.9 Å². The monoisotopic (exact) mass is 738 g/mol. The van der Waals surface area contributed by atoms with Crippen LogP contribution in [0.3, 0.4) is 0 Å². The molecule has 0 aliphatic heterocycles. The largest absolute Gasteiger partial charge is 0.508 e. The molecule has 0 unspecified atom stereocenters. The standard InChI is InChI=1S/C40H34O8S3/c1-40(2,3)30-8-20-36(21-9-30)49(42,43)34-16-4-28(5-17-34)29-6-18-35(19-7-29)50(44,45)38-24-12-32(13-25-38)48-33-14-26-39(27-15-33)51(46,47)37-22-10-31(41)11-23-37/h4-27,41H,1-3H3. The molecule has 8 nitrogen and oxygen atoms in total. The molecular formula is C40H34O8S3. The molecule has 0 saturated carbocycles. The van der Waals surface area contributed by atoms with Crippen molar-refractivity contribution in [1.29, 1.82) is 0 Å². The van der Waals surface area contributed by atoms with Gasteiger partial charge in [0, 0.05) is 0 Å². The van der Waals surface area contributed by atoms with Crippen molar-refractivity contribution in [2.75, 3.05) is 0 Å². The molecule has 0 heterocycles. The molecule has 260 valence electrons. The molecule has 1 N–H and O–H groups in total. The zero-order valence-corrected chi connectivity index (χ0v) is 30.3. The summed E-state index contributed by atoms with van der Waals surface area (Å²) in [6, 6.07) is 36.7. The summed E-state index contributed by atoms with van der Waals surface area (Å²) < 4.78 is 84.9. The fraction of sp³-hybridized carbons (Fsp3) is 0.100. The highest BCUT2D eigenvalue weighted by Gasteiger charge is 2.22. The molecule has 0 saturated heterocycles. The zero-order valence-electron chi connectivity index (χ0n) is 27.9. The minimum atomic E-state index is -3.87. The van der Waals surface area contributed by atoms with Crippen LogP contribution in [0.15, 0.2) is 175 Å². The van der Waals surface area contributed by atoms with Gasteiger partial charge in [0.15, 0.2) is 0 Å². The van der Waals surface area contributed by atoms with Crippen LogP contribution < -0.4 is 4.74 Å². The Balaban J connectivity index is 1.12. The Morgan fingerprint density at radius 1 is 0.392 bits per heavy atom. The Morgan fingerprint density at radius 3 is 0.941 bits per heavy atom. The van der Waals surface area contributed by atoms with Gasteiger partial charge in [-0.25, -0.2) is 25.3 Å². The molecule has 6 aromatic carbocycles. The number of benzene rings is 6. The number of sulfone groups is 3. The van der Waals surface area contributed by atoms with E-state index in [1.165, 1.54) is 84.9 Å². The van der Waals surface area contributed by atoms with Gasteiger partial charge in [0.25, 0.3) is 0 Å². The van der Waals surface area contributed by atoms with E-state index in [0.29, 0.717) is 11.5 Å². The maximum absolute atomic E-state index is 13.4. The van der Waals surface area contributed by atoms with Crippen LogP contribution in [-0.4, -0.2) is 30.4 Å². The number of phenols is 1. The number of hydrogen-bond donors (Lipinski definition) is 1. The molecule has 0 aromatic heterocycles. The number of aromatic hydroxyl groups is 1. The van der Waals surface area contributed by atoms with Crippen LogP contribution >= 0.6 is 0 Å². The van der Waals surface area contributed by atoms with Crippen LogP contribution in [0.1, 0.15) is 26.3 Å². The predicted molar refractivity (Wildman–Crippen MR) is 194 cm³/mol. The van der Waals surface area contributed by atoms with Gasteiger partial charge in [0.1, 0.15) is 17.2 Å². The van der Waals surface area contributed by atoms with E-state index in [0.717, 1.165) is 16.7 Å². The van der Waals surface area contributed by atoms with Crippen molar-refractivity contribution in [3.63, 3.8) is 0 Å². The van der Waals surface area contributed by atoms with E-state index in [9.17, 15) is 30.4 Å². The van der Waals surface area contributed by atoms with Crippen molar-refractivity contribution >= 4 is 29.5 Å². The van der Waals surface area contributed by atoms with E-state index in [4.69, 9.17) is 4.74 Å². The van der Waals surface area contributed by atoms with E-state index in [2.05, 4.69) is 20.8 Å². The lowest BCUT2D eigenvalue weighted by Gasteiger charge is -2.19. The van der Waals surface area contributed by atoms with Gasteiger partial charge in [-0.15, -0.1) is 0 Å². The Bertz CT molecular complexity index is 2500. The Morgan fingerprint density at radius 2 is 0.647 bits per heavy atom. The Labute approximate surface area is 298 Å². The molecule has 0 spiro atoms. The van der Waals surface area contributed by atoms with Crippen molar-refractivity contribution in [1.82, 2.24) is 0 Å². The molecule has 0 aliphatic rings. The summed E-state index contributed by atoms with van der Waals surface area (Å²) in [5.74, 6) is 0.667. The maximum atomic E-state index is 13.4. The first-order chi connectivity index (χ1) is 24.0. The van der Waals surface area contributed by atoms with Gasteiger partial charge in [0.2, 0.25) is 29.5 Å². The summed E-state index contributed by atoms with van der Waals surface area (Å²) in [5, 5.41) is 9.45. The number of ether oxygens (including phenoxy) is 1. The molecule has 0 fully saturated rings. The molecule has 0 atom stereocenters. The summed E-state index contributed by atoms with van der Waals surface area (Å²) in [4.78, 5) is 0.617. The molecule has 51 heavy (non-hydrogen) atoms. The quantitative estimate of drug-likeness (QED) is 0.156. The second kappa shape index (κ2) is 13.5. The Hall–Kier alpha value is -5.23. The highest BCUT2D eigenvalue weighted by Crippen LogP contribution is 2.31. The Kier molecular flexibility index (Phi) is 9.41. The third kappa shape index (κ3) is 7.46. The second-order valence-electron chi connectivity index (χ2n) is 12.9. The van der Waals surface area contributed by atoms with E-state index in [1.54, 1.807) is 48.5 Å². The molecule has 6 aromatic rings. The van der Waals surface area contributed by atoms with Gasteiger partial charge >= 0.3 is 0 Å². The molecule has 0 aliphatic carbocycles. The molecule has 6 rings (SSSR count). The molecule has 0 radical (unpaired) electrons. The van der Waals surface area contributed by atoms with E-state index in [1.807, 2.05) is 12.1 Å². The second-order valence-corrected chi connectivity index (χ2v) is 18.7. The fourth-order valence-corrected chi connectivity index (χ4v) is 9.11. The van der Waals surface area contributed by atoms with Crippen LogP contribution in [0.4, 0.5) is 0 Å².